The Morgan fingerprint density at radius 2 is 2.11 bits per heavy atom. The number of aromatic nitrogens is 1. The van der Waals surface area contributed by atoms with Crippen molar-refractivity contribution in [3.05, 3.63) is 35.5 Å². The number of fused-ring (bicyclic) bond motifs is 2. The minimum atomic E-state index is 0.0132. The molecule has 0 radical (unpaired) electrons. The molecule has 144 valence electrons. The number of rotatable bonds is 5. The van der Waals surface area contributed by atoms with Gasteiger partial charge in [0.25, 0.3) is 0 Å². The van der Waals surface area contributed by atoms with Crippen LogP contribution in [0.5, 0.6) is 0 Å². The van der Waals surface area contributed by atoms with Gasteiger partial charge < -0.3 is 9.88 Å². The zero-order valence-corrected chi connectivity index (χ0v) is 16.0. The number of halogens is 1. The minimum Gasteiger partial charge on any atom is -0.354 e. The summed E-state index contributed by atoms with van der Waals surface area (Å²) >= 11 is 6.09. The molecule has 2 amide bonds. The number of nitrogens with one attached hydrogen (secondary N) is 3. The fraction of sp³-hybridized carbons (Fsp3) is 0.500. The molecule has 0 spiro atoms. The summed E-state index contributed by atoms with van der Waals surface area (Å²) in [6.45, 7) is 1.25. The summed E-state index contributed by atoms with van der Waals surface area (Å²) in [4.78, 5) is 24.4. The first kappa shape index (κ1) is 18.3. The Bertz CT molecular complexity index is 850. The summed E-state index contributed by atoms with van der Waals surface area (Å²) in [5, 5.41) is 4.85. The van der Waals surface area contributed by atoms with E-state index in [1.807, 2.05) is 30.5 Å². The van der Waals surface area contributed by atoms with Gasteiger partial charge in [0.2, 0.25) is 11.8 Å². The Kier molecular flexibility index (Phi) is 5.36. The summed E-state index contributed by atoms with van der Waals surface area (Å²) in [7, 11) is 0. The predicted molar refractivity (Wildman–Crippen MR) is 105 cm³/mol. The van der Waals surface area contributed by atoms with Crippen molar-refractivity contribution in [2.24, 2.45) is 11.8 Å². The van der Waals surface area contributed by atoms with Crippen LogP contribution in [0.25, 0.3) is 10.9 Å². The van der Waals surface area contributed by atoms with Crippen molar-refractivity contribution in [2.75, 3.05) is 6.54 Å². The highest BCUT2D eigenvalue weighted by atomic mass is 35.5. The first-order chi connectivity index (χ1) is 13.1. The molecule has 1 aromatic heterocycles. The second-order valence-electron chi connectivity index (χ2n) is 7.56. The first-order valence-electron chi connectivity index (χ1n) is 9.68. The van der Waals surface area contributed by atoms with Crippen LogP contribution in [0.2, 0.25) is 5.02 Å². The number of hydrogen-bond donors (Lipinski definition) is 3. The van der Waals surface area contributed by atoms with E-state index in [1.165, 1.54) is 0 Å². The van der Waals surface area contributed by atoms with Crippen molar-refractivity contribution in [3.63, 3.8) is 0 Å². The van der Waals surface area contributed by atoms with Gasteiger partial charge in [-0.2, -0.15) is 0 Å². The second kappa shape index (κ2) is 7.90. The Balaban J connectivity index is 1.30. The molecule has 1 saturated heterocycles. The lowest BCUT2D eigenvalue weighted by atomic mass is 9.73. The van der Waals surface area contributed by atoms with Crippen molar-refractivity contribution in [1.82, 2.24) is 20.7 Å². The molecule has 3 N–H and O–H groups in total. The number of hydrogen-bond acceptors (Lipinski definition) is 3. The number of amides is 2. The van der Waals surface area contributed by atoms with Crippen molar-refractivity contribution in [3.8, 4) is 0 Å². The monoisotopic (exact) mass is 388 g/mol. The van der Waals surface area contributed by atoms with E-state index in [2.05, 4.69) is 20.7 Å². The molecular weight excluding hydrogens is 364 g/mol. The van der Waals surface area contributed by atoms with Gasteiger partial charge in [-0.1, -0.05) is 30.5 Å². The largest absolute Gasteiger partial charge is 0.354 e. The van der Waals surface area contributed by atoms with Crippen molar-refractivity contribution < 1.29 is 9.59 Å². The standard InChI is InChI=1S/C20H25ClN4O2/c21-14-6-5-13-7-9-25(18(13)11-14)10-8-22-19(26)12-17-15-3-1-2-4-16(15)20(27)24-23-17/h5-7,9,11,15-17,23H,1-4,8,10,12H2,(H,22,26)(H,24,27). The molecule has 2 heterocycles. The van der Waals surface area contributed by atoms with Gasteiger partial charge in [-0.25, -0.2) is 5.43 Å². The maximum Gasteiger partial charge on any atom is 0.237 e. The fourth-order valence-electron chi connectivity index (χ4n) is 4.47. The van der Waals surface area contributed by atoms with Crippen LogP contribution in [-0.2, 0) is 16.1 Å². The molecule has 2 fully saturated rings. The molecule has 2 aliphatic rings. The molecule has 27 heavy (non-hydrogen) atoms. The Hall–Kier alpha value is -2.05. The number of hydrazine groups is 1. The van der Waals surface area contributed by atoms with Gasteiger partial charge in [-0.15, -0.1) is 0 Å². The third-order valence-electron chi connectivity index (χ3n) is 5.87. The van der Waals surface area contributed by atoms with E-state index in [0.29, 0.717) is 24.5 Å². The zero-order chi connectivity index (χ0) is 18.8. The third kappa shape index (κ3) is 3.96. The molecule has 7 heteroatoms. The van der Waals surface area contributed by atoms with Crippen LogP contribution in [0.3, 0.4) is 0 Å². The summed E-state index contributed by atoms with van der Waals surface area (Å²) in [6.07, 6.45) is 6.58. The van der Waals surface area contributed by atoms with E-state index in [9.17, 15) is 9.59 Å². The Morgan fingerprint density at radius 1 is 1.26 bits per heavy atom. The molecule has 6 nitrogen and oxygen atoms in total. The van der Waals surface area contributed by atoms with E-state index < -0.39 is 0 Å². The van der Waals surface area contributed by atoms with Crippen LogP contribution in [-0.4, -0.2) is 29.0 Å². The molecular formula is C20H25ClN4O2. The van der Waals surface area contributed by atoms with Crippen LogP contribution in [0.15, 0.2) is 30.5 Å². The third-order valence-corrected chi connectivity index (χ3v) is 6.11. The average Bonchev–Trinajstić information content (AvgIpc) is 3.06. The molecule has 1 aromatic carbocycles. The quantitative estimate of drug-likeness (QED) is 0.737. The maximum absolute atomic E-state index is 12.4. The highest BCUT2D eigenvalue weighted by Crippen LogP contribution is 2.35. The van der Waals surface area contributed by atoms with E-state index in [1.54, 1.807) is 0 Å². The van der Waals surface area contributed by atoms with Crippen LogP contribution in [0, 0.1) is 11.8 Å². The van der Waals surface area contributed by atoms with E-state index in [-0.39, 0.29) is 29.7 Å². The van der Waals surface area contributed by atoms with Gasteiger partial charge in [0.15, 0.2) is 0 Å². The van der Waals surface area contributed by atoms with E-state index in [0.717, 1.165) is 36.6 Å². The van der Waals surface area contributed by atoms with Gasteiger partial charge in [0.1, 0.15) is 0 Å². The summed E-state index contributed by atoms with van der Waals surface area (Å²) in [5.41, 5.74) is 6.88. The predicted octanol–water partition coefficient (Wildman–Crippen LogP) is 2.61. The normalized spacial score (nSPS) is 25.1. The lowest BCUT2D eigenvalue weighted by molar-refractivity contribution is -0.135. The Morgan fingerprint density at radius 3 is 3.00 bits per heavy atom. The smallest absolute Gasteiger partial charge is 0.237 e. The highest BCUT2D eigenvalue weighted by Gasteiger charge is 2.40. The van der Waals surface area contributed by atoms with Crippen LogP contribution >= 0.6 is 11.6 Å². The minimum absolute atomic E-state index is 0.0132. The lowest BCUT2D eigenvalue weighted by Crippen LogP contribution is -2.60. The first-order valence-corrected chi connectivity index (χ1v) is 10.1. The summed E-state index contributed by atoms with van der Waals surface area (Å²) in [6, 6.07) is 7.88. The molecule has 4 rings (SSSR count). The molecule has 0 bridgehead atoms. The summed E-state index contributed by atoms with van der Waals surface area (Å²) < 4.78 is 2.09. The average molecular weight is 389 g/mol. The number of carbonyl (C=O) groups excluding carboxylic acids is 2. The molecule has 3 unspecified atom stereocenters. The van der Waals surface area contributed by atoms with Crippen LogP contribution < -0.4 is 16.2 Å². The van der Waals surface area contributed by atoms with Gasteiger partial charge in [0.05, 0.1) is 0 Å². The van der Waals surface area contributed by atoms with Crippen molar-refractivity contribution in [2.45, 2.75) is 44.7 Å². The molecule has 2 aromatic rings. The van der Waals surface area contributed by atoms with Gasteiger partial charge in [0, 0.05) is 48.2 Å². The lowest BCUT2D eigenvalue weighted by Gasteiger charge is -2.40. The van der Waals surface area contributed by atoms with E-state index >= 15 is 0 Å². The maximum atomic E-state index is 12.4. The number of nitrogens with zero attached hydrogens (tertiary/aromatic N) is 1. The zero-order valence-electron chi connectivity index (χ0n) is 15.2. The highest BCUT2D eigenvalue weighted by molar-refractivity contribution is 6.31. The van der Waals surface area contributed by atoms with Gasteiger partial charge in [-0.3, -0.25) is 15.0 Å². The SMILES string of the molecule is O=C(CC1NNC(=O)C2CCCCC12)NCCn1ccc2ccc(Cl)cc21. The van der Waals surface area contributed by atoms with Crippen LogP contribution in [0.4, 0.5) is 0 Å². The molecule has 1 saturated carbocycles. The molecule has 3 atom stereocenters. The second-order valence-corrected chi connectivity index (χ2v) is 8.00. The van der Waals surface area contributed by atoms with Crippen LogP contribution in [0.1, 0.15) is 32.1 Å². The summed E-state index contributed by atoms with van der Waals surface area (Å²) in [5.74, 6) is 0.402. The van der Waals surface area contributed by atoms with Gasteiger partial charge >= 0.3 is 0 Å². The molecule has 1 aliphatic carbocycles. The van der Waals surface area contributed by atoms with Crippen molar-refractivity contribution in [1.29, 1.82) is 0 Å². The number of carbonyl (C=O) groups is 2. The van der Waals surface area contributed by atoms with Crippen molar-refractivity contribution >= 4 is 34.3 Å². The van der Waals surface area contributed by atoms with Gasteiger partial charge in [-0.05, 0) is 42.3 Å². The van der Waals surface area contributed by atoms with E-state index in [4.69, 9.17) is 11.6 Å². The Labute approximate surface area is 163 Å². The fourth-order valence-corrected chi connectivity index (χ4v) is 4.64. The molecule has 1 aliphatic heterocycles. The number of benzene rings is 1. The topological polar surface area (TPSA) is 75.2 Å².